The lowest BCUT2D eigenvalue weighted by Gasteiger charge is -2.39. The lowest BCUT2D eigenvalue weighted by molar-refractivity contribution is 0.00685. The van der Waals surface area contributed by atoms with Crippen LogP contribution < -0.4 is 0 Å². The van der Waals surface area contributed by atoms with Crippen molar-refractivity contribution in [2.45, 2.75) is 32.8 Å². The SMILES string of the molecule is CC(C)(C)OC(=O)N1CC(C2=Nc3nnc(Cl)cc3C2)C1. The molecule has 1 fully saturated rings. The summed E-state index contributed by atoms with van der Waals surface area (Å²) in [5, 5.41) is 8.16. The second-order valence-corrected chi connectivity index (χ2v) is 6.77. The minimum atomic E-state index is -0.463. The van der Waals surface area contributed by atoms with E-state index in [4.69, 9.17) is 16.3 Å². The minimum absolute atomic E-state index is 0.266. The Morgan fingerprint density at radius 1 is 1.38 bits per heavy atom. The number of hydrogen-bond acceptors (Lipinski definition) is 5. The van der Waals surface area contributed by atoms with E-state index in [1.54, 1.807) is 11.0 Å². The summed E-state index contributed by atoms with van der Waals surface area (Å²) in [7, 11) is 0. The molecule has 2 aliphatic heterocycles. The number of amides is 1. The largest absolute Gasteiger partial charge is 0.444 e. The lowest BCUT2D eigenvalue weighted by Crippen LogP contribution is -2.54. The summed E-state index contributed by atoms with van der Waals surface area (Å²) in [6, 6.07) is 1.80. The van der Waals surface area contributed by atoms with Crippen molar-refractivity contribution in [3.05, 3.63) is 16.8 Å². The van der Waals surface area contributed by atoms with Crippen LogP contribution in [0.25, 0.3) is 0 Å². The topological polar surface area (TPSA) is 67.7 Å². The number of aromatic nitrogens is 2. The van der Waals surface area contributed by atoms with Gasteiger partial charge in [0.1, 0.15) is 5.60 Å². The van der Waals surface area contributed by atoms with Crippen LogP contribution in [0.2, 0.25) is 5.15 Å². The van der Waals surface area contributed by atoms with Crippen molar-refractivity contribution >= 4 is 29.2 Å². The van der Waals surface area contributed by atoms with E-state index in [9.17, 15) is 4.79 Å². The molecule has 1 aromatic rings. The molecule has 0 atom stereocenters. The second-order valence-electron chi connectivity index (χ2n) is 6.38. The van der Waals surface area contributed by atoms with Crippen molar-refractivity contribution in [2.75, 3.05) is 13.1 Å². The molecule has 0 radical (unpaired) electrons. The summed E-state index contributed by atoms with van der Waals surface area (Å²) in [5.74, 6) is 0.913. The van der Waals surface area contributed by atoms with Gasteiger partial charge in [-0.05, 0) is 26.8 Å². The zero-order valence-corrected chi connectivity index (χ0v) is 13.0. The molecule has 3 heterocycles. The number of ether oxygens (including phenoxy) is 1. The van der Waals surface area contributed by atoms with E-state index in [0.29, 0.717) is 24.1 Å². The molecular weight excluding hydrogens is 292 g/mol. The Kier molecular flexibility index (Phi) is 3.36. The molecule has 2 aliphatic rings. The van der Waals surface area contributed by atoms with Crippen LogP contribution in [-0.2, 0) is 11.2 Å². The highest BCUT2D eigenvalue weighted by Gasteiger charge is 2.38. The Balaban J connectivity index is 1.58. The van der Waals surface area contributed by atoms with E-state index in [2.05, 4.69) is 15.2 Å². The third kappa shape index (κ3) is 3.00. The van der Waals surface area contributed by atoms with E-state index < -0.39 is 5.60 Å². The van der Waals surface area contributed by atoms with E-state index in [1.807, 2.05) is 20.8 Å². The Morgan fingerprint density at radius 2 is 2.10 bits per heavy atom. The number of carbonyl (C=O) groups excluding carboxylic acids is 1. The van der Waals surface area contributed by atoms with Gasteiger partial charge >= 0.3 is 6.09 Å². The fourth-order valence-electron chi connectivity index (χ4n) is 2.39. The first-order chi connectivity index (χ1) is 9.82. The van der Waals surface area contributed by atoms with Gasteiger partial charge in [-0.25, -0.2) is 9.79 Å². The van der Waals surface area contributed by atoms with Crippen LogP contribution in [0.5, 0.6) is 0 Å². The van der Waals surface area contributed by atoms with Gasteiger partial charge in [-0.2, -0.15) is 0 Å². The molecule has 1 amide bonds. The van der Waals surface area contributed by atoms with Gasteiger partial charge in [-0.1, -0.05) is 11.6 Å². The Hall–Kier alpha value is -1.69. The first-order valence-corrected chi connectivity index (χ1v) is 7.27. The Morgan fingerprint density at radius 3 is 2.76 bits per heavy atom. The van der Waals surface area contributed by atoms with Crippen LogP contribution >= 0.6 is 11.6 Å². The minimum Gasteiger partial charge on any atom is -0.444 e. The van der Waals surface area contributed by atoms with E-state index in [0.717, 1.165) is 17.7 Å². The molecule has 6 nitrogen and oxygen atoms in total. The smallest absolute Gasteiger partial charge is 0.410 e. The van der Waals surface area contributed by atoms with Gasteiger partial charge < -0.3 is 9.64 Å². The van der Waals surface area contributed by atoms with Gasteiger partial charge in [-0.3, -0.25) is 0 Å². The molecule has 7 heteroatoms. The predicted molar refractivity (Wildman–Crippen MR) is 79.1 cm³/mol. The van der Waals surface area contributed by atoms with E-state index in [-0.39, 0.29) is 12.0 Å². The van der Waals surface area contributed by atoms with Gasteiger partial charge in [0.2, 0.25) is 0 Å². The molecule has 0 saturated carbocycles. The van der Waals surface area contributed by atoms with E-state index in [1.165, 1.54) is 0 Å². The molecule has 0 aromatic carbocycles. The number of rotatable bonds is 1. The summed E-state index contributed by atoms with van der Waals surface area (Å²) in [5.41, 5.74) is 1.58. The number of likely N-dealkylation sites (tertiary alicyclic amines) is 1. The standard InChI is InChI=1S/C14H17ClN4O2/c1-14(2,3)21-13(20)19-6-9(7-19)10-4-8-5-11(15)17-18-12(8)16-10/h5,9H,4,6-7H2,1-3H3. The Bertz CT molecular complexity index is 618. The van der Waals surface area contributed by atoms with Crippen molar-refractivity contribution in [1.29, 1.82) is 0 Å². The van der Waals surface area contributed by atoms with Crippen LogP contribution in [0.3, 0.4) is 0 Å². The third-order valence-corrected chi connectivity index (χ3v) is 3.63. The maximum atomic E-state index is 11.9. The van der Waals surface area contributed by atoms with Crippen LogP contribution in [0.4, 0.5) is 10.6 Å². The number of nitrogens with zero attached hydrogens (tertiary/aromatic N) is 4. The molecular formula is C14H17ClN4O2. The second kappa shape index (κ2) is 4.94. The zero-order chi connectivity index (χ0) is 15.2. The quantitative estimate of drug-likeness (QED) is 0.800. The highest BCUT2D eigenvalue weighted by atomic mass is 35.5. The van der Waals surface area contributed by atoms with Gasteiger partial charge in [-0.15, -0.1) is 10.2 Å². The Labute approximate surface area is 128 Å². The summed E-state index contributed by atoms with van der Waals surface area (Å²) in [4.78, 5) is 18.1. The number of fused-ring (bicyclic) bond motifs is 1. The predicted octanol–water partition coefficient (Wildman–Crippen LogP) is 2.63. The average molecular weight is 309 g/mol. The third-order valence-electron chi connectivity index (χ3n) is 3.45. The van der Waals surface area contributed by atoms with Gasteiger partial charge in [0.25, 0.3) is 0 Å². The van der Waals surface area contributed by atoms with Crippen LogP contribution in [-0.4, -0.2) is 45.6 Å². The number of halogens is 1. The summed E-state index contributed by atoms with van der Waals surface area (Å²) >= 11 is 5.83. The first-order valence-electron chi connectivity index (χ1n) is 6.89. The maximum absolute atomic E-state index is 11.9. The summed E-state index contributed by atoms with van der Waals surface area (Å²) < 4.78 is 5.34. The van der Waals surface area contributed by atoms with Gasteiger partial charge in [0.05, 0.1) is 0 Å². The lowest BCUT2D eigenvalue weighted by atomic mass is 9.92. The van der Waals surface area contributed by atoms with Crippen molar-refractivity contribution in [3.63, 3.8) is 0 Å². The van der Waals surface area contributed by atoms with Gasteiger partial charge in [0.15, 0.2) is 11.0 Å². The van der Waals surface area contributed by atoms with E-state index >= 15 is 0 Å². The summed E-state index contributed by atoms with van der Waals surface area (Å²) in [6.07, 6.45) is 0.468. The van der Waals surface area contributed by atoms with Crippen molar-refractivity contribution in [2.24, 2.45) is 10.9 Å². The monoisotopic (exact) mass is 308 g/mol. The molecule has 0 bridgehead atoms. The van der Waals surface area contributed by atoms with Crippen molar-refractivity contribution in [1.82, 2.24) is 15.1 Å². The molecule has 1 saturated heterocycles. The fraction of sp³-hybridized carbons (Fsp3) is 0.571. The molecule has 21 heavy (non-hydrogen) atoms. The van der Waals surface area contributed by atoms with Crippen LogP contribution in [0.1, 0.15) is 26.3 Å². The van der Waals surface area contributed by atoms with Gasteiger partial charge in [0, 0.05) is 36.7 Å². The highest BCUT2D eigenvalue weighted by molar-refractivity contribution is 6.29. The summed E-state index contributed by atoms with van der Waals surface area (Å²) in [6.45, 7) is 6.87. The molecule has 3 rings (SSSR count). The number of aliphatic imine (C=N–C) groups is 1. The number of hydrogen-bond donors (Lipinski definition) is 0. The molecule has 0 N–H and O–H groups in total. The normalized spacial score (nSPS) is 18.1. The number of carbonyl (C=O) groups is 1. The van der Waals surface area contributed by atoms with Crippen LogP contribution in [0.15, 0.2) is 11.1 Å². The van der Waals surface area contributed by atoms with Crippen molar-refractivity contribution in [3.8, 4) is 0 Å². The maximum Gasteiger partial charge on any atom is 0.410 e. The zero-order valence-electron chi connectivity index (χ0n) is 12.3. The molecule has 0 unspecified atom stereocenters. The molecule has 0 spiro atoms. The fourth-order valence-corrected chi connectivity index (χ4v) is 2.56. The molecule has 0 aliphatic carbocycles. The molecule has 1 aromatic heterocycles. The van der Waals surface area contributed by atoms with Crippen LogP contribution in [0, 0.1) is 5.92 Å². The first kappa shape index (κ1) is 14.3. The average Bonchev–Trinajstić information content (AvgIpc) is 2.66. The highest BCUT2D eigenvalue weighted by Crippen LogP contribution is 2.31. The van der Waals surface area contributed by atoms with Crippen molar-refractivity contribution < 1.29 is 9.53 Å². The molecule has 112 valence electrons.